The Hall–Kier alpha value is -1.67. The first-order chi connectivity index (χ1) is 9.26. The Labute approximate surface area is 113 Å². The largest absolute Gasteiger partial charge is 0.477 e. The van der Waals surface area contributed by atoms with Crippen molar-refractivity contribution in [1.29, 1.82) is 5.26 Å². The zero-order valence-electron chi connectivity index (χ0n) is 11.4. The van der Waals surface area contributed by atoms with Crippen molar-refractivity contribution < 1.29 is 9.47 Å². The van der Waals surface area contributed by atoms with E-state index in [1.165, 1.54) is 0 Å². The lowest BCUT2D eigenvalue weighted by Gasteiger charge is -2.15. The van der Waals surface area contributed by atoms with Gasteiger partial charge in [-0.2, -0.15) is 5.26 Å². The van der Waals surface area contributed by atoms with Gasteiger partial charge in [0.25, 0.3) is 0 Å². The number of nitrogens with two attached hydrogens (primary N) is 1. The van der Waals surface area contributed by atoms with E-state index in [0.717, 1.165) is 32.3 Å². The molecule has 0 saturated carbocycles. The van der Waals surface area contributed by atoms with Crippen LogP contribution in [-0.2, 0) is 11.3 Å². The van der Waals surface area contributed by atoms with Crippen molar-refractivity contribution in [2.24, 2.45) is 0 Å². The van der Waals surface area contributed by atoms with Gasteiger partial charge >= 0.3 is 0 Å². The molecule has 2 heterocycles. The van der Waals surface area contributed by atoms with E-state index in [-0.39, 0.29) is 6.10 Å². The summed E-state index contributed by atoms with van der Waals surface area (Å²) in [7, 11) is 0. The average molecular weight is 263 g/mol. The van der Waals surface area contributed by atoms with Crippen LogP contribution in [0.3, 0.4) is 0 Å². The molecule has 2 N–H and O–H groups in total. The van der Waals surface area contributed by atoms with Gasteiger partial charge in [0, 0.05) is 12.7 Å². The fourth-order valence-corrected chi connectivity index (χ4v) is 2.29. The van der Waals surface area contributed by atoms with E-state index in [2.05, 4.69) is 13.0 Å². The Bertz CT molecular complexity index is 456. The van der Waals surface area contributed by atoms with E-state index in [9.17, 15) is 5.26 Å². The van der Waals surface area contributed by atoms with Gasteiger partial charge in [-0.15, -0.1) is 0 Å². The molecule has 1 atom stereocenters. The van der Waals surface area contributed by atoms with Crippen molar-refractivity contribution in [3.8, 4) is 11.9 Å². The molecule has 0 unspecified atom stereocenters. The quantitative estimate of drug-likeness (QED) is 0.799. The van der Waals surface area contributed by atoms with Gasteiger partial charge in [0.1, 0.15) is 11.8 Å². The highest BCUT2D eigenvalue weighted by Gasteiger charge is 2.21. The maximum atomic E-state index is 9.18. The summed E-state index contributed by atoms with van der Waals surface area (Å²) >= 11 is 0. The average Bonchev–Trinajstić information content (AvgIpc) is 3.01. The van der Waals surface area contributed by atoms with E-state index >= 15 is 0 Å². The summed E-state index contributed by atoms with van der Waals surface area (Å²) in [6.45, 7) is 4.18. The summed E-state index contributed by atoms with van der Waals surface area (Å²) in [6, 6.07) is 3.85. The first-order valence-electron chi connectivity index (χ1n) is 6.89. The number of nitriles is 1. The lowest BCUT2D eigenvalue weighted by Crippen LogP contribution is -2.17. The smallest absolute Gasteiger partial charge is 0.218 e. The second kappa shape index (κ2) is 6.48. The summed E-state index contributed by atoms with van der Waals surface area (Å²) in [5.41, 5.74) is 7.01. The molecule has 0 spiro atoms. The number of nitrogen functional groups attached to an aromatic ring is 1. The predicted octanol–water partition coefficient (Wildman–Crippen LogP) is 2.30. The van der Waals surface area contributed by atoms with Crippen LogP contribution in [0.2, 0.25) is 0 Å². The topological polar surface area (TPSA) is 73.2 Å². The minimum Gasteiger partial charge on any atom is -0.477 e. The molecule has 5 nitrogen and oxygen atoms in total. The normalized spacial score (nSPS) is 18.4. The van der Waals surface area contributed by atoms with Crippen LogP contribution in [0.25, 0.3) is 0 Å². The Morgan fingerprint density at radius 3 is 3.11 bits per heavy atom. The second-order valence-electron chi connectivity index (χ2n) is 4.85. The van der Waals surface area contributed by atoms with E-state index in [1.54, 1.807) is 6.07 Å². The van der Waals surface area contributed by atoms with E-state index in [4.69, 9.17) is 15.2 Å². The van der Waals surface area contributed by atoms with Crippen LogP contribution < -0.4 is 10.5 Å². The van der Waals surface area contributed by atoms with Crippen molar-refractivity contribution in [1.82, 2.24) is 4.57 Å². The van der Waals surface area contributed by atoms with Crippen molar-refractivity contribution in [3.05, 3.63) is 11.8 Å². The highest BCUT2D eigenvalue weighted by Crippen LogP contribution is 2.28. The highest BCUT2D eigenvalue weighted by atomic mass is 16.5. The number of hydrogen-bond acceptors (Lipinski definition) is 4. The van der Waals surface area contributed by atoms with Crippen molar-refractivity contribution in [2.45, 2.75) is 45.3 Å². The van der Waals surface area contributed by atoms with E-state index in [1.807, 2.05) is 4.57 Å². The Morgan fingerprint density at radius 1 is 1.63 bits per heavy atom. The molecule has 1 aromatic heterocycles. The maximum absolute atomic E-state index is 9.18. The summed E-state index contributed by atoms with van der Waals surface area (Å²) in [5.74, 6) is 0.612. The second-order valence-corrected chi connectivity index (χ2v) is 4.85. The van der Waals surface area contributed by atoms with Crippen LogP contribution in [0.4, 0.5) is 5.69 Å². The lowest BCUT2D eigenvalue weighted by atomic mass is 10.2. The molecule has 1 aliphatic heterocycles. The SMILES string of the molecule is CCCCOc1c(N)cc(C#N)n1C[C@H]1CCCO1. The molecule has 0 amide bonds. The molecule has 19 heavy (non-hydrogen) atoms. The lowest BCUT2D eigenvalue weighted by molar-refractivity contribution is 0.0940. The fraction of sp³-hybridized carbons (Fsp3) is 0.643. The van der Waals surface area contributed by atoms with Gasteiger partial charge in [-0.1, -0.05) is 13.3 Å². The van der Waals surface area contributed by atoms with Crippen molar-refractivity contribution in [3.63, 3.8) is 0 Å². The minimum atomic E-state index is 0.160. The Balaban J connectivity index is 2.14. The maximum Gasteiger partial charge on any atom is 0.218 e. The van der Waals surface area contributed by atoms with Crippen LogP contribution in [0.15, 0.2) is 6.07 Å². The number of rotatable bonds is 6. The first-order valence-corrected chi connectivity index (χ1v) is 6.89. The number of aromatic nitrogens is 1. The third-order valence-corrected chi connectivity index (χ3v) is 3.34. The molecule has 1 aliphatic rings. The van der Waals surface area contributed by atoms with Crippen LogP contribution in [0.5, 0.6) is 5.88 Å². The standard InChI is InChI=1S/C14H21N3O2/c1-2-3-6-19-14-13(16)8-11(9-15)17(14)10-12-5-4-7-18-12/h8,12H,2-7,10,16H2,1H3/t12-/m1/s1. The predicted molar refractivity (Wildman–Crippen MR) is 72.9 cm³/mol. The van der Waals surface area contributed by atoms with E-state index in [0.29, 0.717) is 30.4 Å². The number of hydrogen-bond donors (Lipinski definition) is 1. The van der Waals surface area contributed by atoms with Crippen molar-refractivity contribution >= 4 is 5.69 Å². The summed E-state index contributed by atoms with van der Waals surface area (Å²) < 4.78 is 13.2. The first kappa shape index (κ1) is 13.8. The third-order valence-electron chi connectivity index (χ3n) is 3.34. The molecule has 0 aliphatic carbocycles. The molecule has 0 aromatic carbocycles. The summed E-state index contributed by atoms with van der Waals surface area (Å²) in [5, 5.41) is 9.18. The number of unbranched alkanes of at least 4 members (excludes halogenated alkanes) is 1. The molecular formula is C14H21N3O2. The summed E-state index contributed by atoms with van der Waals surface area (Å²) in [6.07, 6.45) is 4.31. The number of ether oxygens (including phenoxy) is 2. The van der Waals surface area contributed by atoms with Crippen LogP contribution in [0.1, 0.15) is 38.3 Å². The number of anilines is 1. The third kappa shape index (κ3) is 3.21. The van der Waals surface area contributed by atoms with Gasteiger partial charge in [0.05, 0.1) is 24.9 Å². The molecule has 2 rings (SSSR count). The zero-order chi connectivity index (χ0) is 13.7. The van der Waals surface area contributed by atoms with Gasteiger partial charge < -0.3 is 15.2 Å². The van der Waals surface area contributed by atoms with Gasteiger partial charge in [0.2, 0.25) is 5.88 Å². The van der Waals surface area contributed by atoms with Gasteiger partial charge in [-0.3, -0.25) is 4.57 Å². The molecule has 0 bridgehead atoms. The van der Waals surface area contributed by atoms with Gasteiger partial charge in [-0.05, 0) is 19.3 Å². The molecule has 104 valence electrons. The summed E-state index contributed by atoms with van der Waals surface area (Å²) in [4.78, 5) is 0. The van der Waals surface area contributed by atoms with Crippen LogP contribution in [0, 0.1) is 11.3 Å². The van der Waals surface area contributed by atoms with Gasteiger partial charge in [-0.25, -0.2) is 0 Å². The van der Waals surface area contributed by atoms with Crippen LogP contribution in [-0.4, -0.2) is 23.9 Å². The zero-order valence-corrected chi connectivity index (χ0v) is 11.4. The molecule has 1 saturated heterocycles. The van der Waals surface area contributed by atoms with Gasteiger partial charge in [0.15, 0.2) is 0 Å². The Morgan fingerprint density at radius 2 is 2.47 bits per heavy atom. The molecule has 1 aromatic rings. The minimum absolute atomic E-state index is 0.160. The Kier molecular flexibility index (Phi) is 4.69. The highest BCUT2D eigenvalue weighted by molar-refractivity contribution is 5.55. The van der Waals surface area contributed by atoms with E-state index < -0.39 is 0 Å². The van der Waals surface area contributed by atoms with Crippen molar-refractivity contribution in [2.75, 3.05) is 18.9 Å². The fourth-order valence-electron chi connectivity index (χ4n) is 2.29. The molecule has 0 radical (unpaired) electrons. The molecular weight excluding hydrogens is 242 g/mol. The number of nitrogens with zero attached hydrogens (tertiary/aromatic N) is 2. The molecule has 5 heteroatoms. The monoisotopic (exact) mass is 263 g/mol. The molecule has 1 fully saturated rings. The van der Waals surface area contributed by atoms with Crippen LogP contribution >= 0.6 is 0 Å².